The molecule has 1 atom stereocenters. The predicted molar refractivity (Wildman–Crippen MR) is 65.0 cm³/mol. The average Bonchev–Trinajstić information content (AvgIpc) is 2.99. The highest BCUT2D eigenvalue weighted by Crippen LogP contribution is 2.42. The molecule has 16 heavy (non-hydrogen) atoms. The molecule has 1 fully saturated rings. The highest BCUT2D eigenvalue weighted by Gasteiger charge is 2.33. The maximum absolute atomic E-state index is 10.8. The molecular formula is C10H12Cl2N2O2. The maximum atomic E-state index is 10.8. The Hall–Kier alpha value is -0.840. The molecule has 4 nitrogen and oxygen atoms in total. The zero-order valence-corrected chi connectivity index (χ0v) is 10.0. The first-order valence-electron chi connectivity index (χ1n) is 4.79. The molecule has 2 N–H and O–H groups in total. The van der Waals surface area contributed by atoms with Crippen LogP contribution in [0.5, 0.6) is 0 Å². The largest absolute Gasteiger partial charge is 0.324 e. The number of hydrogen-bond acceptors (Lipinski definition) is 3. The van der Waals surface area contributed by atoms with Crippen molar-refractivity contribution in [1.82, 2.24) is 0 Å². The van der Waals surface area contributed by atoms with Gasteiger partial charge in [0.25, 0.3) is 5.69 Å². The van der Waals surface area contributed by atoms with Gasteiger partial charge in [-0.2, -0.15) is 0 Å². The van der Waals surface area contributed by atoms with Crippen molar-refractivity contribution >= 4 is 29.7 Å². The molecule has 0 radical (unpaired) electrons. The summed E-state index contributed by atoms with van der Waals surface area (Å²) in [4.78, 5) is 10.4. The third-order valence-electron chi connectivity index (χ3n) is 2.68. The fourth-order valence-electron chi connectivity index (χ4n) is 1.67. The second-order valence-corrected chi connectivity index (χ2v) is 4.26. The van der Waals surface area contributed by atoms with Gasteiger partial charge in [-0.3, -0.25) is 10.1 Å². The lowest BCUT2D eigenvalue weighted by Crippen LogP contribution is -2.14. The standard InChI is InChI=1S/C10H11ClN2O2.ClH/c11-7-3-4-9(13(14)15)8(5-7)10(12)6-1-2-6;/h3-6,10H,1-2,12H2;1H/t10-;/m1./s1. The summed E-state index contributed by atoms with van der Waals surface area (Å²) in [6, 6.07) is 4.27. The molecule has 1 saturated carbocycles. The molecule has 2 rings (SSSR count). The Morgan fingerprint density at radius 3 is 2.62 bits per heavy atom. The number of nitrogens with two attached hydrogens (primary N) is 1. The number of halogens is 2. The van der Waals surface area contributed by atoms with Gasteiger partial charge in [0.1, 0.15) is 0 Å². The van der Waals surface area contributed by atoms with Crippen molar-refractivity contribution in [2.75, 3.05) is 0 Å². The zero-order valence-electron chi connectivity index (χ0n) is 8.43. The SMILES string of the molecule is Cl.N[C@@H](c1cc(Cl)ccc1[N+](=O)[O-])C1CC1. The molecule has 0 unspecified atom stereocenters. The minimum Gasteiger partial charge on any atom is -0.324 e. The first kappa shape index (κ1) is 13.2. The normalized spacial score (nSPS) is 16.4. The molecule has 1 aromatic rings. The second kappa shape index (κ2) is 4.99. The summed E-state index contributed by atoms with van der Waals surface area (Å²) >= 11 is 5.81. The monoisotopic (exact) mass is 262 g/mol. The Kier molecular flexibility index (Phi) is 4.13. The van der Waals surface area contributed by atoms with E-state index in [4.69, 9.17) is 17.3 Å². The van der Waals surface area contributed by atoms with Crippen molar-refractivity contribution < 1.29 is 4.92 Å². The average molecular weight is 263 g/mol. The van der Waals surface area contributed by atoms with E-state index in [1.807, 2.05) is 0 Å². The van der Waals surface area contributed by atoms with Crippen molar-refractivity contribution in [2.24, 2.45) is 11.7 Å². The van der Waals surface area contributed by atoms with Crippen LogP contribution in [0, 0.1) is 16.0 Å². The Morgan fingerprint density at radius 1 is 1.50 bits per heavy atom. The molecule has 0 spiro atoms. The van der Waals surface area contributed by atoms with Gasteiger partial charge in [0.2, 0.25) is 0 Å². The Balaban J connectivity index is 0.00000128. The van der Waals surface area contributed by atoms with Gasteiger partial charge in [0.05, 0.1) is 4.92 Å². The summed E-state index contributed by atoms with van der Waals surface area (Å²) in [6.07, 6.45) is 2.09. The van der Waals surface area contributed by atoms with E-state index in [1.165, 1.54) is 12.1 Å². The van der Waals surface area contributed by atoms with E-state index in [9.17, 15) is 10.1 Å². The fourth-order valence-corrected chi connectivity index (χ4v) is 1.85. The topological polar surface area (TPSA) is 69.2 Å². The fraction of sp³-hybridized carbons (Fsp3) is 0.400. The van der Waals surface area contributed by atoms with Crippen LogP contribution >= 0.6 is 24.0 Å². The smallest absolute Gasteiger partial charge is 0.274 e. The third-order valence-corrected chi connectivity index (χ3v) is 2.91. The van der Waals surface area contributed by atoms with Gasteiger partial charge in [-0.25, -0.2) is 0 Å². The molecule has 1 aliphatic carbocycles. The lowest BCUT2D eigenvalue weighted by Gasteiger charge is -2.11. The minimum atomic E-state index is -0.409. The van der Waals surface area contributed by atoms with E-state index < -0.39 is 4.92 Å². The maximum Gasteiger partial charge on any atom is 0.274 e. The number of nitro benzene ring substituents is 1. The second-order valence-electron chi connectivity index (χ2n) is 3.82. The number of hydrogen-bond donors (Lipinski definition) is 1. The molecule has 0 bridgehead atoms. The van der Waals surface area contributed by atoms with Crippen LogP contribution in [0.15, 0.2) is 18.2 Å². The predicted octanol–water partition coefficient (Wildman–Crippen LogP) is 3.08. The van der Waals surface area contributed by atoms with E-state index in [2.05, 4.69) is 0 Å². The van der Waals surface area contributed by atoms with Gasteiger partial charge in [0.15, 0.2) is 0 Å². The summed E-state index contributed by atoms with van der Waals surface area (Å²) in [7, 11) is 0. The Morgan fingerprint density at radius 2 is 2.12 bits per heavy atom. The van der Waals surface area contributed by atoms with Crippen molar-refractivity contribution in [2.45, 2.75) is 18.9 Å². The van der Waals surface area contributed by atoms with E-state index in [0.717, 1.165) is 12.8 Å². The molecule has 0 amide bonds. The van der Waals surface area contributed by atoms with Gasteiger partial charge in [-0.15, -0.1) is 12.4 Å². The molecule has 0 heterocycles. The molecule has 0 aromatic heterocycles. The number of benzene rings is 1. The van der Waals surface area contributed by atoms with Gasteiger partial charge >= 0.3 is 0 Å². The molecule has 0 saturated heterocycles. The lowest BCUT2D eigenvalue weighted by atomic mass is 10.0. The number of rotatable bonds is 3. The van der Waals surface area contributed by atoms with Crippen LogP contribution in [0.25, 0.3) is 0 Å². The number of nitro groups is 1. The van der Waals surface area contributed by atoms with Crippen LogP contribution in [-0.4, -0.2) is 4.92 Å². The van der Waals surface area contributed by atoms with Gasteiger partial charge in [-0.05, 0) is 30.9 Å². The quantitative estimate of drug-likeness (QED) is 0.673. The van der Waals surface area contributed by atoms with E-state index >= 15 is 0 Å². The molecular weight excluding hydrogens is 251 g/mol. The van der Waals surface area contributed by atoms with Crippen molar-refractivity contribution in [1.29, 1.82) is 0 Å². The first-order chi connectivity index (χ1) is 7.09. The highest BCUT2D eigenvalue weighted by molar-refractivity contribution is 6.30. The van der Waals surface area contributed by atoms with Crippen LogP contribution in [0.3, 0.4) is 0 Å². The summed E-state index contributed by atoms with van der Waals surface area (Å²) < 4.78 is 0. The zero-order chi connectivity index (χ0) is 11.0. The molecule has 0 aliphatic heterocycles. The summed E-state index contributed by atoms with van der Waals surface area (Å²) in [5.74, 6) is 0.377. The van der Waals surface area contributed by atoms with Gasteiger partial charge < -0.3 is 5.73 Å². The van der Waals surface area contributed by atoms with E-state index in [-0.39, 0.29) is 24.1 Å². The van der Waals surface area contributed by atoms with Crippen LogP contribution in [0.4, 0.5) is 5.69 Å². The summed E-state index contributed by atoms with van der Waals surface area (Å²) in [6.45, 7) is 0. The van der Waals surface area contributed by atoms with Crippen molar-refractivity contribution in [3.05, 3.63) is 38.9 Å². The molecule has 88 valence electrons. The molecule has 1 aliphatic rings. The summed E-state index contributed by atoms with van der Waals surface area (Å²) in [5, 5.41) is 11.3. The highest BCUT2D eigenvalue weighted by atomic mass is 35.5. The van der Waals surface area contributed by atoms with E-state index in [1.54, 1.807) is 6.07 Å². The van der Waals surface area contributed by atoms with Crippen molar-refractivity contribution in [3.63, 3.8) is 0 Å². The number of nitrogens with zero attached hydrogens (tertiary/aromatic N) is 1. The third kappa shape index (κ3) is 2.64. The van der Waals surface area contributed by atoms with E-state index in [0.29, 0.717) is 16.5 Å². The summed E-state index contributed by atoms with van der Waals surface area (Å²) in [5.41, 5.74) is 6.56. The van der Waals surface area contributed by atoms with Crippen LogP contribution in [-0.2, 0) is 0 Å². The first-order valence-corrected chi connectivity index (χ1v) is 5.17. The Labute approximate surface area is 104 Å². The van der Waals surface area contributed by atoms with Crippen molar-refractivity contribution in [3.8, 4) is 0 Å². The molecule has 6 heteroatoms. The lowest BCUT2D eigenvalue weighted by molar-refractivity contribution is -0.385. The Bertz CT molecular complexity index is 408. The van der Waals surface area contributed by atoms with Gasteiger partial charge in [-0.1, -0.05) is 11.6 Å². The van der Waals surface area contributed by atoms with Crippen LogP contribution < -0.4 is 5.73 Å². The van der Waals surface area contributed by atoms with Crippen LogP contribution in [0.1, 0.15) is 24.4 Å². The minimum absolute atomic E-state index is 0. The van der Waals surface area contributed by atoms with Gasteiger partial charge in [0, 0.05) is 22.7 Å². The van der Waals surface area contributed by atoms with Crippen LogP contribution in [0.2, 0.25) is 5.02 Å². The molecule has 1 aromatic carbocycles.